The van der Waals surface area contributed by atoms with Crippen molar-refractivity contribution in [2.24, 2.45) is 10.5 Å². The standard InChI is InChI=1S/C21H14F4N2O4.C20H12Cl2F2N2O2/c22-14-4-2-1-3-13(14)12-7-8-20(23,29)19(10-12)17(26-27-18(19)28)11-5-6-15-16(9-11)31-21(24,25)30-15;21-16-5-1-11(7-17(16)22)10-25-26-20(28)15-8-12(2-6-19(15)27)14-4-3-13(23)9-18(14)24/h1-10,17,26,29H,(H,27,28);1-10,27H,(H,26,28). The molecule has 0 saturated carbocycles. The molecule has 5 aromatic carbocycles. The summed E-state index contributed by atoms with van der Waals surface area (Å²) in [5, 5.41) is 25.0. The van der Waals surface area contributed by atoms with Gasteiger partial charge in [-0.05, 0) is 82.9 Å². The minimum absolute atomic E-state index is 0.0924. The normalized spacial score (nSPS) is 21.2. The quantitative estimate of drug-likeness (QED) is 0.0655. The number of hydrazine groups is 1. The number of amides is 2. The topological polar surface area (TPSA) is 142 Å². The van der Waals surface area contributed by atoms with Crippen molar-refractivity contribution in [3.63, 3.8) is 0 Å². The zero-order chi connectivity index (χ0) is 42.3. The molecular weight excluding hydrogens is 829 g/mol. The Morgan fingerprint density at radius 1 is 0.847 bits per heavy atom. The van der Waals surface area contributed by atoms with E-state index in [0.717, 1.165) is 30.4 Å². The Balaban J connectivity index is 0.000000180. The number of nitrogens with zero attached hydrogens (tertiary/aromatic N) is 1. The summed E-state index contributed by atoms with van der Waals surface area (Å²) in [5.74, 6) is -7.78. The largest absolute Gasteiger partial charge is 0.586 e. The van der Waals surface area contributed by atoms with Crippen LogP contribution >= 0.6 is 23.2 Å². The van der Waals surface area contributed by atoms with Gasteiger partial charge in [0, 0.05) is 17.2 Å². The fourth-order valence-corrected chi connectivity index (χ4v) is 6.82. The molecule has 18 heteroatoms. The number of nitrogens with one attached hydrogen (secondary N) is 3. The molecule has 3 atom stereocenters. The predicted molar refractivity (Wildman–Crippen MR) is 204 cm³/mol. The number of phenols is 1. The number of halogens is 8. The van der Waals surface area contributed by atoms with Crippen molar-refractivity contribution in [3.05, 3.63) is 165 Å². The fourth-order valence-electron chi connectivity index (χ4n) is 6.51. The highest BCUT2D eigenvalue weighted by Crippen LogP contribution is 2.54. The molecule has 2 amide bonds. The lowest BCUT2D eigenvalue weighted by Crippen LogP contribution is -2.51. The Bertz CT molecular complexity index is 2610. The summed E-state index contributed by atoms with van der Waals surface area (Å²) in [5.41, 5.74) is 6.13. The van der Waals surface area contributed by atoms with Gasteiger partial charge in [0.05, 0.1) is 27.9 Å². The number of carbonyl (C=O) groups excluding carboxylic acids is 2. The lowest BCUT2D eigenvalue weighted by atomic mass is 9.68. The highest BCUT2D eigenvalue weighted by Gasteiger charge is 2.64. The molecule has 0 bridgehead atoms. The van der Waals surface area contributed by atoms with E-state index < -0.39 is 52.9 Å². The number of hydrazone groups is 1. The van der Waals surface area contributed by atoms with E-state index in [-0.39, 0.29) is 45.1 Å². The van der Waals surface area contributed by atoms with E-state index in [4.69, 9.17) is 23.2 Å². The lowest BCUT2D eigenvalue weighted by Gasteiger charge is -2.39. The van der Waals surface area contributed by atoms with Gasteiger partial charge in [0.1, 0.15) is 23.2 Å². The second-order valence-corrected chi connectivity index (χ2v) is 13.9. The summed E-state index contributed by atoms with van der Waals surface area (Å²) in [6.07, 6.45) is 0.551. The second-order valence-electron chi connectivity index (χ2n) is 13.1. The molecular formula is C41H26Cl2F6N4O6. The molecule has 2 aliphatic heterocycles. The summed E-state index contributed by atoms with van der Waals surface area (Å²) in [4.78, 5) is 25.1. The Morgan fingerprint density at radius 3 is 2.36 bits per heavy atom. The number of hydrogen-bond donors (Lipinski definition) is 5. The minimum atomic E-state index is -3.86. The molecule has 1 fully saturated rings. The molecule has 0 radical (unpaired) electrons. The van der Waals surface area contributed by atoms with Crippen LogP contribution in [0.2, 0.25) is 10.0 Å². The van der Waals surface area contributed by atoms with Crippen LogP contribution < -0.4 is 25.8 Å². The van der Waals surface area contributed by atoms with Crippen molar-refractivity contribution < 1.29 is 55.6 Å². The van der Waals surface area contributed by atoms with Gasteiger partial charge in [0.25, 0.3) is 11.8 Å². The average molecular weight is 856 g/mol. The van der Waals surface area contributed by atoms with E-state index in [1.54, 1.807) is 24.3 Å². The average Bonchev–Trinajstić information content (AvgIpc) is 3.69. The molecule has 2 heterocycles. The molecule has 3 aliphatic rings. The first kappa shape index (κ1) is 40.9. The van der Waals surface area contributed by atoms with Gasteiger partial charge in [0.15, 0.2) is 16.9 Å². The van der Waals surface area contributed by atoms with Crippen molar-refractivity contribution in [3.8, 4) is 28.4 Å². The molecule has 10 nitrogen and oxygen atoms in total. The Kier molecular flexibility index (Phi) is 10.9. The molecule has 1 saturated heterocycles. The number of phenolic OH excluding ortho intramolecular Hbond substituents is 1. The van der Waals surface area contributed by atoms with Gasteiger partial charge in [-0.2, -0.15) is 5.10 Å². The molecule has 5 aromatic rings. The lowest BCUT2D eigenvalue weighted by molar-refractivity contribution is -0.286. The summed E-state index contributed by atoms with van der Waals surface area (Å²) in [7, 11) is 0. The first-order valence-corrected chi connectivity index (χ1v) is 17.8. The van der Waals surface area contributed by atoms with Crippen LogP contribution in [0.5, 0.6) is 17.2 Å². The van der Waals surface area contributed by atoms with Crippen molar-refractivity contribution in [1.29, 1.82) is 0 Å². The van der Waals surface area contributed by atoms with E-state index in [9.17, 15) is 41.8 Å². The summed E-state index contributed by atoms with van der Waals surface area (Å²) < 4.78 is 92.4. The molecule has 5 N–H and O–H groups in total. The minimum Gasteiger partial charge on any atom is -0.507 e. The molecule has 1 spiro atoms. The predicted octanol–water partition coefficient (Wildman–Crippen LogP) is 8.53. The number of aromatic hydroxyl groups is 1. The van der Waals surface area contributed by atoms with Crippen LogP contribution in [0.25, 0.3) is 16.7 Å². The number of allylic oxidation sites excluding steroid dienone is 2. The van der Waals surface area contributed by atoms with Crippen LogP contribution in [-0.2, 0) is 4.79 Å². The van der Waals surface area contributed by atoms with Crippen molar-refractivity contribution in [2.45, 2.75) is 18.2 Å². The van der Waals surface area contributed by atoms with E-state index in [0.29, 0.717) is 21.2 Å². The van der Waals surface area contributed by atoms with Crippen LogP contribution in [0.4, 0.5) is 26.3 Å². The molecule has 302 valence electrons. The molecule has 8 rings (SSSR count). The van der Waals surface area contributed by atoms with Gasteiger partial charge in [-0.25, -0.2) is 28.4 Å². The Labute approximate surface area is 340 Å². The number of hydrogen-bond acceptors (Lipinski definition) is 8. The Morgan fingerprint density at radius 2 is 1.61 bits per heavy atom. The number of fused-ring (bicyclic) bond motifs is 1. The monoisotopic (exact) mass is 854 g/mol. The highest BCUT2D eigenvalue weighted by atomic mass is 35.5. The van der Waals surface area contributed by atoms with Gasteiger partial charge in [-0.1, -0.05) is 71.8 Å². The molecule has 3 unspecified atom stereocenters. The number of rotatable bonds is 6. The Hall–Kier alpha value is -6.33. The number of aliphatic hydroxyl groups is 1. The van der Waals surface area contributed by atoms with Crippen LogP contribution in [0.15, 0.2) is 120 Å². The summed E-state index contributed by atoms with van der Waals surface area (Å²) >= 11 is 11.7. The summed E-state index contributed by atoms with van der Waals surface area (Å²) in [6, 6.07) is 19.9. The highest BCUT2D eigenvalue weighted by molar-refractivity contribution is 6.42. The number of carbonyl (C=O) groups is 2. The molecule has 0 aromatic heterocycles. The van der Waals surface area contributed by atoms with E-state index in [1.165, 1.54) is 66.9 Å². The second kappa shape index (κ2) is 15.8. The van der Waals surface area contributed by atoms with Crippen LogP contribution in [0, 0.1) is 22.9 Å². The zero-order valence-electron chi connectivity index (χ0n) is 29.6. The van der Waals surface area contributed by atoms with Gasteiger partial charge >= 0.3 is 6.29 Å². The zero-order valence-corrected chi connectivity index (χ0v) is 31.1. The van der Waals surface area contributed by atoms with Crippen LogP contribution in [0.1, 0.15) is 33.1 Å². The van der Waals surface area contributed by atoms with Crippen molar-refractivity contribution >= 4 is 46.8 Å². The maximum atomic E-state index is 15.5. The van der Waals surface area contributed by atoms with E-state index in [1.807, 2.05) is 0 Å². The van der Waals surface area contributed by atoms with Crippen LogP contribution in [0.3, 0.4) is 0 Å². The summed E-state index contributed by atoms with van der Waals surface area (Å²) in [6.45, 7) is 0. The maximum Gasteiger partial charge on any atom is 0.586 e. The first-order chi connectivity index (χ1) is 28.0. The third kappa shape index (κ3) is 8.07. The van der Waals surface area contributed by atoms with Crippen LogP contribution in [-0.4, -0.2) is 40.4 Å². The smallest absolute Gasteiger partial charge is 0.507 e. The van der Waals surface area contributed by atoms with Gasteiger partial charge < -0.3 is 19.7 Å². The molecule has 1 aliphatic carbocycles. The first-order valence-electron chi connectivity index (χ1n) is 17.1. The van der Waals surface area contributed by atoms with E-state index >= 15 is 4.39 Å². The maximum absolute atomic E-state index is 15.5. The van der Waals surface area contributed by atoms with Gasteiger partial charge in [-0.15, -0.1) is 8.78 Å². The number of alkyl halides is 3. The third-order valence-electron chi connectivity index (χ3n) is 9.36. The van der Waals surface area contributed by atoms with Gasteiger partial charge in [-0.3, -0.25) is 15.0 Å². The van der Waals surface area contributed by atoms with Gasteiger partial charge in [0.2, 0.25) is 5.85 Å². The van der Waals surface area contributed by atoms with Crippen molar-refractivity contribution in [1.82, 2.24) is 16.3 Å². The molecule has 59 heavy (non-hydrogen) atoms. The third-order valence-corrected chi connectivity index (χ3v) is 10.1. The number of ether oxygens (including phenoxy) is 2. The van der Waals surface area contributed by atoms with E-state index in [2.05, 4.69) is 30.9 Å². The SMILES string of the molecule is O=C(NN=Cc1ccc(Cl)c(Cl)c1)c1cc(-c2ccc(F)cc2F)ccc1O.O=C1NNC(c2ccc3c(c2)OC(F)(F)O3)C12C=C(c1ccccc1F)C=CC2(O)F. The fraction of sp³-hybridized carbons (Fsp3) is 0.0976. The van der Waals surface area contributed by atoms with Crippen molar-refractivity contribution in [2.75, 3.05) is 0 Å². The number of benzene rings is 5.